The summed E-state index contributed by atoms with van der Waals surface area (Å²) < 4.78 is 41.2. The number of carbonyl (C=O) groups excluding carboxylic acids is 1. The van der Waals surface area contributed by atoms with Crippen molar-refractivity contribution in [1.29, 1.82) is 0 Å². The number of hydrogen-bond donors (Lipinski definition) is 1. The highest BCUT2D eigenvalue weighted by Crippen LogP contribution is 2.32. The normalized spacial score (nSPS) is 11.2. The van der Waals surface area contributed by atoms with Crippen LogP contribution in [0.15, 0.2) is 12.3 Å². The number of pyridine rings is 1. The van der Waals surface area contributed by atoms with E-state index < -0.39 is 23.5 Å². The van der Waals surface area contributed by atoms with Crippen molar-refractivity contribution in [3.05, 3.63) is 23.4 Å². The SMILES string of the molecule is COC(=O)c1cnc(N)c(C(F)(F)F)c1. The summed E-state index contributed by atoms with van der Waals surface area (Å²) in [7, 11) is 1.06. The number of carbonyl (C=O) groups is 1. The maximum Gasteiger partial charge on any atom is 0.419 e. The first-order valence-electron chi connectivity index (χ1n) is 3.77. The number of methoxy groups -OCH3 is 1. The van der Waals surface area contributed by atoms with Crippen LogP contribution >= 0.6 is 0 Å². The number of alkyl halides is 3. The highest BCUT2D eigenvalue weighted by atomic mass is 19.4. The van der Waals surface area contributed by atoms with E-state index in [9.17, 15) is 18.0 Å². The fourth-order valence-electron chi connectivity index (χ4n) is 0.932. The molecule has 0 aliphatic rings. The van der Waals surface area contributed by atoms with Gasteiger partial charge in [-0.15, -0.1) is 0 Å². The fraction of sp³-hybridized carbons (Fsp3) is 0.250. The first-order valence-corrected chi connectivity index (χ1v) is 3.77. The highest BCUT2D eigenvalue weighted by molar-refractivity contribution is 5.89. The Morgan fingerprint density at radius 3 is 2.60 bits per heavy atom. The Bertz CT molecular complexity index is 390. The number of halogens is 3. The van der Waals surface area contributed by atoms with Crippen LogP contribution in [0.5, 0.6) is 0 Å². The van der Waals surface area contributed by atoms with E-state index >= 15 is 0 Å². The second-order valence-electron chi connectivity index (χ2n) is 2.65. The lowest BCUT2D eigenvalue weighted by Gasteiger charge is -2.09. The lowest BCUT2D eigenvalue weighted by atomic mass is 10.2. The van der Waals surface area contributed by atoms with Crippen molar-refractivity contribution in [3.63, 3.8) is 0 Å². The second-order valence-corrected chi connectivity index (χ2v) is 2.65. The third kappa shape index (κ3) is 2.36. The molecule has 1 rings (SSSR count). The van der Waals surface area contributed by atoms with E-state index in [-0.39, 0.29) is 5.56 Å². The second kappa shape index (κ2) is 3.76. The molecule has 0 saturated carbocycles. The van der Waals surface area contributed by atoms with E-state index in [1.807, 2.05) is 0 Å². The minimum absolute atomic E-state index is 0.293. The Morgan fingerprint density at radius 1 is 1.53 bits per heavy atom. The smallest absolute Gasteiger partial charge is 0.419 e. The summed E-state index contributed by atoms with van der Waals surface area (Å²) in [6.07, 6.45) is -3.71. The molecule has 0 bridgehead atoms. The molecule has 1 aromatic heterocycles. The van der Waals surface area contributed by atoms with Gasteiger partial charge in [-0.1, -0.05) is 0 Å². The molecule has 0 radical (unpaired) electrons. The molecule has 0 saturated heterocycles. The molecule has 7 heteroatoms. The molecule has 0 amide bonds. The van der Waals surface area contributed by atoms with Crippen molar-refractivity contribution < 1.29 is 22.7 Å². The maximum atomic E-state index is 12.3. The molecule has 0 aliphatic carbocycles. The number of rotatable bonds is 1. The summed E-state index contributed by atoms with van der Waals surface area (Å²) in [5, 5.41) is 0. The van der Waals surface area contributed by atoms with Gasteiger partial charge in [-0.05, 0) is 6.07 Å². The minimum atomic E-state index is -4.64. The van der Waals surface area contributed by atoms with Crippen LogP contribution < -0.4 is 5.73 Å². The minimum Gasteiger partial charge on any atom is -0.465 e. The predicted molar refractivity (Wildman–Crippen MR) is 45.0 cm³/mol. The lowest BCUT2D eigenvalue weighted by molar-refractivity contribution is -0.137. The Hall–Kier alpha value is -1.79. The van der Waals surface area contributed by atoms with Crippen LogP contribution in [-0.4, -0.2) is 18.1 Å². The number of esters is 1. The van der Waals surface area contributed by atoms with Crippen molar-refractivity contribution in [2.75, 3.05) is 12.8 Å². The topological polar surface area (TPSA) is 65.2 Å². The number of aromatic nitrogens is 1. The first kappa shape index (κ1) is 11.3. The molecule has 0 fully saturated rings. The number of nitrogens with zero attached hydrogens (tertiary/aromatic N) is 1. The van der Waals surface area contributed by atoms with Crippen LogP contribution in [0.4, 0.5) is 19.0 Å². The van der Waals surface area contributed by atoms with Crippen LogP contribution in [0, 0.1) is 0 Å². The van der Waals surface area contributed by atoms with Gasteiger partial charge >= 0.3 is 12.1 Å². The third-order valence-corrected chi connectivity index (χ3v) is 1.65. The molecular formula is C8H7F3N2O2. The maximum absolute atomic E-state index is 12.3. The van der Waals surface area contributed by atoms with E-state index in [0.29, 0.717) is 6.07 Å². The summed E-state index contributed by atoms with van der Waals surface area (Å²) >= 11 is 0. The van der Waals surface area contributed by atoms with Gasteiger partial charge < -0.3 is 10.5 Å². The molecule has 0 aliphatic heterocycles. The molecule has 4 nitrogen and oxygen atoms in total. The first-order chi connectivity index (χ1) is 6.86. The molecule has 1 heterocycles. The third-order valence-electron chi connectivity index (χ3n) is 1.65. The molecule has 15 heavy (non-hydrogen) atoms. The van der Waals surface area contributed by atoms with Crippen molar-refractivity contribution in [2.45, 2.75) is 6.18 Å². The van der Waals surface area contributed by atoms with E-state index in [4.69, 9.17) is 5.73 Å². The average molecular weight is 220 g/mol. The van der Waals surface area contributed by atoms with Gasteiger partial charge in [0.15, 0.2) is 0 Å². The molecule has 0 unspecified atom stereocenters. The monoisotopic (exact) mass is 220 g/mol. The quantitative estimate of drug-likeness (QED) is 0.728. The number of anilines is 1. The van der Waals surface area contributed by atoms with Crippen molar-refractivity contribution in [1.82, 2.24) is 4.98 Å². The van der Waals surface area contributed by atoms with Gasteiger partial charge in [0, 0.05) is 6.20 Å². The van der Waals surface area contributed by atoms with Gasteiger partial charge in [0.05, 0.1) is 18.2 Å². The summed E-state index contributed by atoms with van der Waals surface area (Å²) in [5.41, 5.74) is 3.59. The zero-order valence-electron chi connectivity index (χ0n) is 7.63. The van der Waals surface area contributed by atoms with E-state index in [2.05, 4.69) is 9.72 Å². The number of nitrogens with two attached hydrogens (primary N) is 1. The Morgan fingerprint density at radius 2 is 2.13 bits per heavy atom. The Kier molecular flexibility index (Phi) is 2.83. The Labute approximate surface area is 82.9 Å². The Balaban J connectivity index is 3.23. The highest BCUT2D eigenvalue weighted by Gasteiger charge is 2.34. The molecule has 0 spiro atoms. The van der Waals surface area contributed by atoms with E-state index in [1.165, 1.54) is 0 Å². The van der Waals surface area contributed by atoms with E-state index in [0.717, 1.165) is 13.3 Å². The average Bonchev–Trinajstić information content (AvgIpc) is 2.15. The molecule has 0 aromatic carbocycles. The van der Waals surface area contributed by atoms with Crippen molar-refractivity contribution >= 4 is 11.8 Å². The molecular weight excluding hydrogens is 213 g/mol. The van der Waals surface area contributed by atoms with Crippen molar-refractivity contribution in [2.24, 2.45) is 0 Å². The largest absolute Gasteiger partial charge is 0.465 e. The van der Waals surface area contributed by atoms with Gasteiger partial charge in [-0.3, -0.25) is 0 Å². The summed E-state index contributed by atoms with van der Waals surface area (Å²) in [6.45, 7) is 0. The number of nitrogen functional groups attached to an aromatic ring is 1. The van der Waals surface area contributed by atoms with Gasteiger partial charge in [0.25, 0.3) is 0 Å². The zero-order chi connectivity index (χ0) is 11.6. The van der Waals surface area contributed by atoms with Crippen LogP contribution in [0.3, 0.4) is 0 Å². The lowest BCUT2D eigenvalue weighted by Crippen LogP contribution is -2.13. The van der Waals surface area contributed by atoms with Crippen LogP contribution in [0.1, 0.15) is 15.9 Å². The van der Waals surface area contributed by atoms with Gasteiger partial charge in [0.2, 0.25) is 0 Å². The molecule has 1 aromatic rings. The van der Waals surface area contributed by atoms with Crippen LogP contribution in [0.2, 0.25) is 0 Å². The number of ether oxygens (including phenoxy) is 1. The molecule has 82 valence electrons. The van der Waals surface area contributed by atoms with Gasteiger partial charge in [-0.2, -0.15) is 13.2 Å². The zero-order valence-corrected chi connectivity index (χ0v) is 7.63. The summed E-state index contributed by atoms with van der Waals surface area (Å²) in [5.74, 6) is -1.57. The standard InChI is InChI=1S/C8H7F3N2O2/c1-15-7(14)4-2-5(8(9,10)11)6(12)13-3-4/h2-3H,1H3,(H2,12,13). The van der Waals surface area contributed by atoms with Crippen LogP contribution in [0.25, 0.3) is 0 Å². The number of hydrogen-bond acceptors (Lipinski definition) is 4. The van der Waals surface area contributed by atoms with E-state index in [1.54, 1.807) is 0 Å². The molecule has 2 N–H and O–H groups in total. The van der Waals surface area contributed by atoms with Gasteiger partial charge in [0.1, 0.15) is 5.82 Å². The summed E-state index contributed by atoms with van der Waals surface area (Å²) in [6, 6.07) is 0.605. The van der Waals surface area contributed by atoms with Gasteiger partial charge in [-0.25, -0.2) is 9.78 Å². The molecule has 0 atom stereocenters. The van der Waals surface area contributed by atoms with Crippen molar-refractivity contribution in [3.8, 4) is 0 Å². The predicted octanol–water partition coefficient (Wildman–Crippen LogP) is 1.47. The van der Waals surface area contributed by atoms with Crippen LogP contribution in [-0.2, 0) is 10.9 Å². The summed E-state index contributed by atoms with van der Waals surface area (Å²) in [4.78, 5) is 14.2. The fourth-order valence-corrected chi connectivity index (χ4v) is 0.932.